The summed E-state index contributed by atoms with van der Waals surface area (Å²) in [4.78, 5) is 14.5. The Morgan fingerprint density at radius 1 is 1.17 bits per heavy atom. The lowest BCUT2D eigenvalue weighted by molar-refractivity contribution is -0.141. The van der Waals surface area contributed by atoms with Crippen LogP contribution in [0, 0.1) is 11.8 Å². The lowest BCUT2D eigenvalue weighted by Crippen LogP contribution is -2.14. The molecule has 154 valence electrons. The first-order valence-corrected chi connectivity index (χ1v) is 10.3. The molecule has 2 aromatic carbocycles. The van der Waals surface area contributed by atoms with Crippen molar-refractivity contribution < 1.29 is 14.6 Å². The molecule has 1 heterocycles. The minimum Gasteiger partial charge on any atom is -0.490 e. The number of fused-ring (bicyclic) bond motifs is 1. The Morgan fingerprint density at radius 2 is 1.93 bits per heavy atom. The molecular weight excluding hydrogens is 364 g/mol. The summed E-state index contributed by atoms with van der Waals surface area (Å²) in [6, 6.07) is 12.1. The summed E-state index contributed by atoms with van der Waals surface area (Å²) in [6.45, 7) is 6.65. The van der Waals surface area contributed by atoms with Crippen LogP contribution in [0.1, 0.15) is 39.2 Å². The third kappa shape index (κ3) is 4.73. The molecule has 4 N–H and O–H groups in total. The number of H-pyrrole nitrogens is 1. The minimum atomic E-state index is -0.812. The molecule has 0 fully saturated rings. The van der Waals surface area contributed by atoms with Crippen molar-refractivity contribution in [3.05, 3.63) is 48.2 Å². The van der Waals surface area contributed by atoms with Crippen molar-refractivity contribution in [3.63, 3.8) is 0 Å². The Morgan fingerprint density at radius 3 is 2.62 bits per heavy atom. The fraction of sp³-hybridized carbons (Fsp3) is 0.375. The number of nitrogen functional groups attached to an aromatic ring is 1. The number of nitrogens with two attached hydrogens (primary N) is 1. The molecule has 0 bridgehead atoms. The SMILES string of the molecule is CCC(CC)COc1c(N)cc(CC(C)C(=O)O)cc1-c1ccc2[nH]ccc2c1. The number of aliphatic carboxylic acids is 1. The lowest BCUT2D eigenvalue weighted by Gasteiger charge is -2.20. The molecule has 29 heavy (non-hydrogen) atoms. The second-order valence-electron chi connectivity index (χ2n) is 7.78. The van der Waals surface area contributed by atoms with Gasteiger partial charge >= 0.3 is 5.97 Å². The third-order valence-electron chi connectivity index (χ3n) is 5.62. The summed E-state index contributed by atoms with van der Waals surface area (Å²) in [5.74, 6) is -0.140. The van der Waals surface area contributed by atoms with Crippen molar-refractivity contribution >= 4 is 22.6 Å². The highest BCUT2D eigenvalue weighted by Gasteiger charge is 2.18. The van der Waals surface area contributed by atoms with E-state index in [9.17, 15) is 9.90 Å². The minimum absolute atomic E-state index is 0.422. The van der Waals surface area contributed by atoms with Gasteiger partial charge in [-0.2, -0.15) is 0 Å². The van der Waals surface area contributed by atoms with Gasteiger partial charge in [-0.3, -0.25) is 4.79 Å². The van der Waals surface area contributed by atoms with Crippen LogP contribution >= 0.6 is 0 Å². The van der Waals surface area contributed by atoms with E-state index in [0.717, 1.165) is 40.4 Å². The average Bonchev–Trinajstić information content (AvgIpc) is 3.17. The molecule has 5 nitrogen and oxygen atoms in total. The van der Waals surface area contributed by atoms with Crippen LogP contribution in [0.5, 0.6) is 5.75 Å². The van der Waals surface area contributed by atoms with E-state index >= 15 is 0 Å². The van der Waals surface area contributed by atoms with Gasteiger partial charge in [-0.05, 0) is 59.2 Å². The van der Waals surface area contributed by atoms with Gasteiger partial charge in [0.2, 0.25) is 0 Å². The van der Waals surface area contributed by atoms with Gasteiger partial charge in [0.15, 0.2) is 0 Å². The molecule has 0 aliphatic rings. The van der Waals surface area contributed by atoms with E-state index in [4.69, 9.17) is 10.5 Å². The van der Waals surface area contributed by atoms with Gasteiger partial charge in [0, 0.05) is 17.3 Å². The Bertz CT molecular complexity index is 989. The topological polar surface area (TPSA) is 88.3 Å². The number of anilines is 1. The quantitative estimate of drug-likeness (QED) is 0.418. The zero-order chi connectivity index (χ0) is 21.0. The molecule has 5 heteroatoms. The van der Waals surface area contributed by atoms with Gasteiger partial charge in [0.05, 0.1) is 18.2 Å². The molecule has 1 aromatic heterocycles. The van der Waals surface area contributed by atoms with Crippen LogP contribution in [-0.4, -0.2) is 22.7 Å². The summed E-state index contributed by atoms with van der Waals surface area (Å²) in [5, 5.41) is 10.4. The highest BCUT2D eigenvalue weighted by molar-refractivity contribution is 5.88. The van der Waals surface area contributed by atoms with E-state index in [0.29, 0.717) is 30.4 Å². The lowest BCUT2D eigenvalue weighted by atomic mass is 9.95. The zero-order valence-electron chi connectivity index (χ0n) is 17.4. The van der Waals surface area contributed by atoms with E-state index in [2.05, 4.69) is 24.9 Å². The van der Waals surface area contributed by atoms with Crippen LogP contribution in [-0.2, 0) is 11.2 Å². The first-order chi connectivity index (χ1) is 13.9. The molecule has 1 unspecified atom stereocenters. The maximum Gasteiger partial charge on any atom is 0.306 e. The van der Waals surface area contributed by atoms with E-state index in [-0.39, 0.29) is 0 Å². The van der Waals surface area contributed by atoms with Crippen LogP contribution in [0.4, 0.5) is 5.69 Å². The van der Waals surface area contributed by atoms with Crippen molar-refractivity contribution in [2.24, 2.45) is 11.8 Å². The summed E-state index contributed by atoms with van der Waals surface area (Å²) in [7, 11) is 0. The zero-order valence-corrected chi connectivity index (χ0v) is 17.4. The van der Waals surface area contributed by atoms with Crippen molar-refractivity contribution in [3.8, 4) is 16.9 Å². The van der Waals surface area contributed by atoms with Crippen molar-refractivity contribution in [1.29, 1.82) is 0 Å². The molecular formula is C24H30N2O3. The first-order valence-electron chi connectivity index (χ1n) is 10.3. The Hall–Kier alpha value is -2.95. The van der Waals surface area contributed by atoms with Crippen LogP contribution in [0.3, 0.4) is 0 Å². The maximum absolute atomic E-state index is 11.3. The van der Waals surface area contributed by atoms with Gasteiger partial charge in [-0.1, -0.05) is 39.7 Å². The number of benzene rings is 2. The van der Waals surface area contributed by atoms with Gasteiger partial charge in [0.25, 0.3) is 0 Å². The molecule has 0 spiro atoms. The Labute approximate surface area is 171 Å². The molecule has 0 aliphatic heterocycles. The van der Waals surface area contributed by atoms with E-state index in [1.54, 1.807) is 6.92 Å². The number of carboxylic acid groups (broad SMARTS) is 1. The van der Waals surface area contributed by atoms with Gasteiger partial charge < -0.3 is 20.6 Å². The van der Waals surface area contributed by atoms with Crippen LogP contribution in [0.15, 0.2) is 42.6 Å². The second-order valence-corrected chi connectivity index (χ2v) is 7.78. The summed E-state index contributed by atoms with van der Waals surface area (Å²) in [6.07, 6.45) is 4.44. The largest absolute Gasteiger partial charge is 0.490 e. The third-order valence-corrected chi connectivity index (χ3v) is 5.62. The normalized spacial score (nSPS) is 12.4. The predicted molar refractivity (Wildman–Crippen MR) is 118 cm³/mol. The molecule has 1 atom stereocenters. The molecule has 0 amide bonds. The molecule has 3 aromatic rings. The molecule has 0 radical (unpaired) electrons. The number of rotatable bonds is 9. The highest BCUT2D eigenvalue weighted by atomic mass is 16.5. The monoisotopic (exact) mass is 394 g/mol. The molecule has 0 saturated carbocycles. The average molecular weight is 395 g/mol. The number of hydrogen-bond acceptors (Lipinski definition) is 3. The number of carboxylic acids is 1. The second kappa shape index (κ2) is 9.03. The van der Waals surface area contributed by atoms with Crippen molar-refractivity contribution in [2.45, 2.75) is 40.0 Å². The standard InChI is InChI=1S/C24H30N2O3/c1-4-16(5-2)14-29-23-20(18-6-7-22-19(13-18)8-9-26-22)11-17(12-21(23)25)10-15(3)24(27)28/h6-9,11-13,15-16,26H,4-5,10,14,25H2,1-3H3,(H,27,28). The van der Waals surface area contributed by atoms with Crippen LogP contribution in [0.25, 0.3) is 22.0 Å². The van der Waals surface area contributed by atoms with Gasteiger partial charge in [-0.15, -0.1) is 0 Å². The highest BCUT2D eigenvalue weighted by Crippen LogP contribution is 2.38. The number of ether oxygens (including phenoxy) is 1. The Kier molecular flexibility index (Phi) is 6.47. The number of aromatic nitrogens is 1. The summed E-state index contributed by atoms with van der Waals surface area (Å²) in [5.41, 5.74) is 10.8. The van der Waals surface area contributed by atoms with E-state index in [1.807, 2.05) is 36.5 Å². The van der Waals surface area contributed by atoms with Crippen LogP contribution in [0.2, 0.25) is 0 Å². The molecule has 0 saturated heterocycles. The number of carbonyl (C=O) groups is 1. The van der Waals surface area contributed by atoms with E-state index in [1.165, 1.54) is 0 Å². The first kappa shape index (κ1) is 20.8. The number of nitrogens with one attached hydrogen (secondary N) is 1. The number of hydrogen-bond donors (Lipinski definition) is 3. The molecule has 3 rings (SSSR count). The van der Waals surface area contributed by atoms with Crippen molar-refractivity contribution in [2.75, 3.05) is 12.3 Å². The summed E-state index contributed by atoms with van der Waals surface area (Å²) >= 11 is 0. The number of aromatic amines is 1. The fourth-order valence-electron chi connectivity index (χ4n) is 3.59. The predicted octanol–water partition coefficient (Wildman–Crippen LogP) is 5.50. The Balaban J connectivity index is 2.04. The molecule has 0 aliphatic carbocycles. The van der Waals surface area contributed by atoms with E-state index < -0.39 is 11.9 Å². The van der Waals surface area contributed by atoms with Crippen molar-refractivity contribution in [1.82, 2.24) is 4.98 Å². The summed E-state index contributed by atoms with van der Waals surface area (Å²) < 4.78 is 6.22. The van der Waals surface area contributed by atoms with Gasteiger partial charge in [0.1, 0.15) is 5.75 Å². The maximum atomic E-state index is 11.3. The smallest absolute Gasteiger partial charge is 0.306 e. The van der Waals surface area contributed by atoms with Crippen LogP contribution < -0.4 is 10.5 Å². The van der Waals surface area contributed by atoms with Gasteiger partial charge in [-0.25, -0.2) is 0 Å². The fourth-order valence-corrected chi connectivity index (χ4v) is 3.59.